The van der Waals surface area contributed by atoms with E-state index in [0.717, 1.165) is 65.6 Å². The smallest absolute Gasteiger partial charge is 0.283 e. The normalized spacial score (nSPS) is 14.5. The third-order valence-electron chi connectivity index (χ3n) is 6.05. The number of pyridine rings is 1. The first-order chi connectivity index (χ1) is 17.5. The summed E-state index contributed by atoms with van der Waals surface area (Å²) in [5, 5.41) is 14.3. The summed E-state index contributed by atoms with van der Waals surface area (Å²) in [4.78, 5) is 6.81. The van der Waals surface area contributed by atoms with Crippen molar-refractivity contribution >= 4 is 20.9 Å². The first-order valence-electron chi connectivity index (χ1n) is 11.7. The van der Waals surface area contributed by atoms with E-state index in [2.05, 4.69) is 15.0 Å². The highest BCUT2D eigenvalue weighted by Gasteiger charge is 2.20. The van der Waals surface area contributed by atoms with Gasteiger partial charge in [-0.15, -0.1) is 0 Å². The molecule has 36 heavy (non-hydrogen) atoms. The molecule has 1 aliphatic rings. The zero-order valence-corrected chi connectivity index (χ0v) is 20.4. The van der Waals surface area contributed by atoms with Crippen LogP contribution in [-0.4, -0.2) is 66.9 Å². The van der Waals surface area contributed by atoms with Gasteiger partial charge in [-0.1, -0.05) is 6.07 Å². The second-order valence-electron chi connectivity index (χ2n) is 8.41. The Labute approximate surface area is 209 Å². The molecule has 0 spiro atoms. The number of fused-ring (bicyclic) bond motifs is 1. The van der Waals surface area contributed by atoms with E-state index in [1.165, 1.54) is 24.4 Å². The molecule has 9 nitrogen and oxygen atoms in total. The number of morpholine rings is 1. The van der Waals surface area contributed by atoms with E-state index in [9.17, 15) is 8.42 Å². The van der Waals surface area contributed by atoms with Crippen molar-refractivity contribution in [2.45, 2.75) is 11.3 Å². The first kappa shape index (κ1) is 23.9. The lowest BCUT2D eigenvalue weighted by atomic mass is 10.1. The van der Waals surface area contributed by atoms with Gasteiger partial charge in [-0.05, 0) is 55.0 Å². The quantitative estimate of drug-likeness (QED) is 0.337. The van der Waals surface area contributed by atoms with Crippen molar-refractivity contribution in [3.05, 3.63) is 72.6 Å². The van der Waals surface area contributed by atoms with Crippen LogP contribution in [0.3, 0.4) is 0 Å². The van der Waals surface area contributed by atoms with Crippen molar-refractivity contribution in [2.75, 3.05) is 39.5 Å². The summed E-state index contributed by atoms with van der Waals surface area (Å²) in [5.74, 6) is 0.721. The van der Waals surface area contributed by atoms with Crippen molar-refractivity contribution in [2.24, 2.45) is 0 Å². The Morgan fingerprint density at radius 3 is 2.78 bits per heavy atom. The molecular formula is C26H25N5O4S. The highest BCUT2D eigenvalue weighted by molar-refractivity contribution is 7.89. The third-order valence-corrected chi connectivity index (χ3v) is 7.60. The fourth-order valence-corrected chi connectivity index (χ4v) is 5.32. The Morgan fingerprint density at radius 2 is 1.94 bits per heavy atom. The SMILES string of the molecule is N#Cc1cccc(S(=O)(=O)n2ccc(-c3ccnc4ccc(OCCCN5CCOCC5)cc34)n2)c1. The van der Waals surface area contributed by atoms with Gasteiger partial charge in [-0.2, -0.15) is 22.9 Å². The van der Waals surface area contributed by atoms with Gasteiger partial charge in [0.25, 0.3) is 10.0 Å². The predicted molar refractivity (Wildman–Crippen MR) is 134 cm³/mol. The molecule has 0 bridgehead atoms. The maximum absolute atomic E-state index is 13.1. The van der Waals surface area contributed by atoms with E-state index in [-0.39, 0.29) is 10.5 Å². The first-order valence-corrected chi connectivity index (χ1v) is 13.1. The number of aromatic nitrogens is 3. The topological polar surface area (TPSA) is 110 Å². The summed E-state index contributed by atoms with van der Waals surface area (Å²) >= 11 is 0. The highest BCUT2D eigenvalue weighted by atomic mass is 32.2. The average Bonchev–Trinajstić information content (AvgIpc) is 3.42. The van der Waals surface area contributed by atoms with Gasteiger partial charge in [0.15, 0.2) is 0 Å². The molecular weight excluding hydrogens is 478 g/mol. The molecule has 184 valence electrons. The standard InChI is InChI=1S/C26H25N5O4S/c27-19-20-3-1-4-22(17-20)36(32,33)31-11-8-26(29-31)23-7-9-28-25-6-5-21(18-24(23)25)35-14-2-10-30-12-15-34-16-13-30/h1,3-9,11,17-18H,2,10,12-16H2. The molecule has 2 aromatic carbocycles. The van der Waals surface area contributed by atoms with Crippen LogP contribution in [-0.2, 0) is 14.8 Å². The minimum atomic E-state index is -3.94. The van der Waals surface area contributed by atoms with Crippen LogP contribution in [0.4, 0.5) is 0 Å². The van der Waals surface area contributed by atoms with Gasteiger partial charge in [0, 0.05) is 43.0 Å². The van der Waals surface area contributed by atoms with Crippen LogP contribution in [0.25, 0.3) is 22.2 Å². The lowest BCUT2D eigenvalue weighted by Crippen LogP contribution is -2.37. The lowest BCUT2D eigenvalue weighted by Gasteiger charge is -2.26. The van der Waals surface area contributed by atoms with Crippen molar-refractivity contribution in [1.29, 1.82) is 5.26 Å². The Kier molecular flexibility index (Phi) is 6.95. The Balaban J connectivity index is 1.36. The van der Waals surface area contributed by atoms with Crippen LogP contribution in [0, 0.1) is 11.3 Å². The second kappa shape index (κ2) is 10.5. The van der Waals surface area contributed by atoms with E-state index in [1.807, 2.05) is 24.3 Å². The van der Waals surface area contributed by atoms with Gasteiger partial charge in [0.2, 0.25) is 0 Å². The van der Waals surface area contributed by atoms with Crippen molar-refractivity contribution in [3.8, 4) is 23.1 Å². The summed E-state index contributed by atoms with van der Waals surface area (Å²) in [7, 11) is -3.94. The number of nitriles is 1. The molecule has 4 aromatic rings. The molecule has 0 atom stereocenters. The lowest BCUT2D eigenvalue weighted by molar-refractivity contribution is 0.0358. The van der Waals surface area contributed by atoms with Crippen molar-refractivity contribution in [1.82, 2.24) is 19.1 Å². The monoisotopic (exact) mass is 503 g/mol. The number of ether oxygens (including phenoxy) is 2. The fourth-order valence-electron chi connectivity index (χ4n) is 4.16. The van der Waals surface area contributed by atoms with Gasteiger partial charge < -0.3 is 9.47 Å². The number of nitrogens with zero attached hydrogens (tertiary/aromatic N) is 5. The molecule has 10 heteroatoms. The van der Waals surface area contributed by atoms with Gasteiger partial charge in [0.05, 0.1) is 47.6 Å². The van der Waals surface area contributed by atoms with E-state index >= 15 is 0 Å². The molecule has 2 aromatic heterocycles. The molecule has 0 unspecified atom stereocenters. The molecule has 5 rings (SSSR count). The molecule has 1 saturated heterocycles. The maximum atomic E-state index is 13.1. The second-order valence-corrected chi connectivity index (χ2v) is 10.2. The van der Waals surface area contributed by atoms with Crippen LogP contribution in [0.1, 0.15) is 12.0 Å². The molecule has 0 aliphatic carbocycles. The minimum Gasteiger partial charge on any atom is -0.494 e. The van der Waals surface area contributed by atoms with Crippen LogP contribution < -0.4 is 4.74 Å². The molecule has 1 aliphatic heterocycles. The summed E-state index contributed by atoms with van der Waals surface area (Å²) in [5.41, 5.74) is 2.26. The summed E-state index contributed by atoms with van der Waals surface area (Å²) < 4.78 is 38.5. The molecule has 0 amide bonds. The summed E-state index contributed by atoms with van der Waals surface area (Å²) in [6, 6.07) is 17.0. The zero-order valence-electron chi connectivity index (χ0n) is 19.6. The third kappa shape index (κ3) is 5.09. The van der Waals surface area contributed by atoms with Crippen LogP contribution in [0.2, 0.25) is 0 Å². The van der Waals surface area contributed by atoms with Crippen LogP contribution >= 0.6 is 0 Å². The van der Waals surface area contributed by atoms with E-state index in [0.29, 0.717) is 12.3 Å². The summed E-state index contributed by atoms with van der Waals surface area (Å²) in [6.45, 7) is 5.03. The Bertz CT molecular complexity index is 1520. The average molecular weight is 504 g/mol. The summed E-state index contributed by atoms with van der Waals surface area (Å²) in [6.07, 6.45) is 3.99. The molecule has 0 N–H and O–H groups in total. The van der Waals surface area contributed by atoms with E-state index < -0.39 is 10.0 Å². The van der Waals surface area contributed by atoms with Crippen molar-refractivity contribution in [3.63, 3.8) is 0 Å². The predicted octanol–water partition coefficient (Wildman–Crippen LogP) is 3.31. The largest absolute Gasteiger partial charge is 0.494 e. The number of benzene rings is 2. The molecule has 1 fully saturated rings. The van der Waals surface area contributed by atoms with E-state index in [4.69, 9.17) is 14.7 Å². The van der Waals surface area contributed by atoms with Gasteiger partial charge in [-0.3, -0.25) is 9.88 Å². The molecule has 0 saturated carbocycles. The van der Waals surface area contributed by atoms with Crippen LogP contribution in [0.5, 0.6) is 5.75 Å². The Hall–Kier alpha value is -3.78. The number of hydrogen-bond donors (Lipinski definition) is 0. The van der Waals surface area contributed by atoms with Crippen molar-refractivity contribution < 1.29 is 17.9 Å². The molecule has 0 radical (unpaired) electrons. The molecule has 3 heterocycles. The van der Waals surface area contributed by atoms with Crippen LogP contribution in [0.15, 0.2) is 71.9 Å². The highest BCUT2D eigenvalue weighted by Crippen LogP contribution is 2.30. The van der Waals surface area contributed by atoms with Gasteiger partial charge >= 0.3 is 0 Å². The maximum Gasteiger partial charge on any atom is 0.283 e. The minimum absolute atomic E-state index is 0.00329. The van der Waals surface area contributed by atoms with Gasteiger partial charge in [-0.25, -0.2) is 0 Å². The van der Waals surface area contributed by atoms with Gasteiger partial charge in [0.1, 0.15) is 5.75 Å². The van der Waals surface area contributed by atoms with E-state index in [1.54, 1.807) is 24.4 Å². The number of rotatable bonds is 8. The zero-order chi connectivity index (χ0) is 25.0. The fraction of sp³-hybridized carbons (Fsp3) is 0.269. The Morgan fingerprint density at radius 1 is 1.08 bits per heavy atom. The number of hydrogen-bond acceptors (Lipinski definition) is 8.